The Labute approximate surface area is 134 Å². The van der Waals surface area contributed by atoms with Gasteiger partial charge in [0.05, 0.1) is 15.2 Å². The molecule has 3 aromatic rings. The van der Waals surface area contributed by atoms with Crippen molar-refractivity contribution in [2.45, 2.75) is 13.5 Å². The minimum absolute atomic E-state index is 0.738. The number of nitrogens with one attached hydrogen (secondary N) is 1. The van der Waals surface area contributed by atoms with E-state index in [1.807, 2.05) is 25.1 Å². The first-order valence-electron chi connectivity index (χ1n) is 6.17. The molecule has 0 fully saturated rings. The van der Waals surface area contributed by atoms with Crippen LogP contribution in [0.25, 0.3) is 10.2 Å². The number of fused-ring (bicyclic) bond motifs is 1. The number of rotatable bonds is 3. The molecule has 1 heterocycles. The zero-order chi connectivity index (χ0) is 14.1. The number of benzene rings is 2. The third-order valence-electron chi connectivity index (χ3n) is 2.99. The number of anilines is 1. The number of hydrogen-bond acceptors (Lipinski definition) is 3. The predicted octanol–water partition coefficient (Wildman–Crippen LogP) is 5.63. The minimum Gasteiger partial charge on any atom is -0.381 e. The number of aryl methyl sites for hydroxylation is 1. The highest BCUT2D eigenvalue weighted by Gasteiger charge is 2.03. The largest absolute Gasteiger partial charge is 0.381 e. The molecule has 5 heteroatoms. The number of aromatic nitrogens is 1. The first-order valence-corrected chi connectivity index (χ1v) is 8.15. The van der Waals surface area contributed by atoms with E-state index in [1.54, 1.807) is 11.3 Å². The van der Waals surface area contributed by atoms with Gasteiger partial charge < -0.3 is 5.32 Å². The minimum atomic E-state index is 0.738. The third-order valence-corrected chi connectivity index (χ3v) is 4.90. The molecule has 2 nitrogen and oxygen atoms in total. The Morgan fingerprint density at radius 1 is 1.25 bits per heavy atom. The Balaban J connectivity index is 1.79. The van der Waals surface area contributed by atoms with Crippen LogP contribution in [0.4, 0.5) is 5.69 Å². The van der Waals surface area contributed by atoms with Crippen molar-refractivity contribution in [3.05, 3.63) is 56.5 Å². The molecule has 0 saturated carbocycles. The normalized spacial score (nSPS) is 10.9. The molecule has 20 heavy (non-hydrogen) atoms. The van der Waals surface area contributed by atoms with E-state index in [1.165, 1.54) is 10.3 Å². The van der Waals surface area contributed by atoms with E-state index < -0.39 is 0 Å². The summed E-state index contributed by atoms with van der Waals surface area (Å²) in [6.07, 6.45) is 0. The van der Waals surface area contributed by atoms with Gasteiger partial charge in [0.2, 0.25) is 0 Å². The van der Waals surface area contributed by atoms with Crippen molar-refractivity contribution < 1.29 is 0 Å². The second kappa shape index (κ2) is 5.72. The number of halogens is 2. The molecule has 0 aliphatic heterocycles. The Kier molecular flexibility index (Phi) is 3.96. The summed E-state index contributed by atoms with van der Waals surface area (Å²) in [5, 5.41) is 5.26. The van der Waals surface area contributed by atoms with Gasteiger partial charge in [0.1, 0.15) is 0 Å². The number of hydrogen-bond donors (Lipinski definition) is 1. The first kappa shape index (κ1) is 13.9. The van der Waals surface area contributed by atoms with Crippen molar-refractivity contribution in [1.29, 1.82) is 0 Å². The van der Waals surface area contributed by atoms with Crippen LogP contribution in [-0.2, 0) is 6.54 Å². The maximum atomic E-state index is 5.95. The molecule has 0 saturated heterocycles. The maximum absolute atomic E-state index is 5.95. The highest BCUT2D eigenvalue weighted by molar-refractivity contribution is 9.10. The molecule has 0 spiro atoms. The van der Waals surface area contributed by atoms with Gasteiger partial charge in [0.25, 0.3) is 0 Å². The van der Waals surface area contributed by atoms with Crippen LogP contribution in [-0.4, -0.2) is 4.98 Å². The molecular weight excluding hydrogens is 356 g/mol. The van der Waals surface area contributed by atoms with Gasteiger partial charge in [-0.2, -0.15) is 0 Å². The van der Waals surface area contributed by atoms with Crippen LogP contribution in [0.15, 0.2) is 40.9 Å². The monoisotopic (exact) mass is 366 g/mol. The van der Waals surface area contributed by atoms with Gasteiger partial charge in [-0.25, -0.2) is 4.98 Å². The van der Waals surface area contributed by atoms with Gasteiger partial charge in [-0.1, -0.05) is 33.6 Å². The summed E-state index contributed by atoms with van der Waals surface area (Å²) in [7, 11) is 0. The fraction of sp³-hybridized carbons (Fsp3) is 0.133. The van der Waals surface area contributed by atoms with Gasteiger partial charge in [0, 0.05) is 21.7 Å². The molecule has 2 aromatic carbocycles. The fourth-order valence-electron chi connectivity index (χ4n) is 2.01. The molecule has 0 unspecified atom stereocenters. The molecule has 1 N–H and O–H groups in total. The summed E-state index contributed by atoms with van der Waals surface area (Å²) in [4.78, 5) is 4.46. The number of nitrogens with zero attached hydrogens (tertiary/aromatic N) is 1. The van der Waals surface area contributed by atoms with E-state index >= 15 is 0 Å². The third kappa shape index (κ3) is 2.97. The lowest BCUT2D eigenvalue weighted by molar-refractivity contribution is 1.14. The smallest absolute Gasteiger partial charge is 0.0907 e. The van der Waals surface area contributed by atoms with Gasteiger partial charge in [-0.15, -0.1) is 11.3 Å². The lowest BCUT2D eigenvalue weighted by atomic mass is 10.2. The average Bonchev–Trinajstić information content (AvgIpc) is 2.77. The molecular formula is C15H12BrClN2S. The van der Waals surface area contributed by atoms with Crippen molar-refractivity contribution in [3.63, 3.8) is 0 Å². The molecule has 0 bridgehead atoms. The Bertz CT molecular complexity index is 770. The van der Waals surface area contributed by atoms with Gasteiger partial charge in [0.15, 0.2) is 0 Å². The average molecular weight is 368 g/mol. The predicted molar refractivity (Wildman–Crippen MR) is 90.8 cm³/mol. The highest BCUT2D eigenvalue weighted by atomic mass is 79.9. The van der Waals surface area contributed by atoms with Gasteiger partial charge >= 0.3 is 0 Å². The van der Waals surface area contributed by atoms with Crippen molar-refractivity contribution in [2.75, 3.05) is 5.32 Å². The SMILES string of the molecule is Cc1nc2ccc(NCc3ccc(Cl)cc3Br)cc2s1. The molecule has 0 atom stereocenters. The van der Waals surface area contributed by atoms with E-state index in [0.717, 1.165) is 32.3 Å². The van der Waals surface area contributed by atoms with E-state index in [-0.39, 0.29) is 0 Å². The summed E-state index contributed by atoms with van der Waals surface area (Å²) >= 11 is 11.2. The topological polar surface area (TPSA) is 24.9 Å². The maximum Gasteiger partial charge on any atom is 0.0907 e. The molecule has 0 radical (unpaired) electrons. The summed E-state index contributed by atoms with van der Waals surface area (Å²) in [6, 6.07) is 12.1. The van der Waals surface area contributed by atoms with Gasteiger partial charge in [-0.3, -0.25) is 0 Å². The summed E-state index contributed by atoms with van der Waals surface area (Å²) in [6.45, 7) is 2.78. The summed E-state index contributed by atoms with van der Waals surface area (Å²) in [5.74, 6) is 0. The van der Waals surface area contributed by atoms with E-state index in [9.17, 15) is 0 Å². The Hall–Kier alpha value is -1.10. The highest BCUT2D eigenvalue weighted by Crippen LogP contribution is 2.26. The van der Waals surface area contributed by atoms with Crippen molar-refractivity contribution in [1.82, 2.24) is 4.98 Å². The van der Waals surface area contributed by atoms with Crippen LogP contribution in [0, 0.1) is 6.92 Å². The van der Waals surface area contributed by atoms with E-state index in [4.69, 9.17) is 11.6 Å². The molecule has 102 valence electrons. The van der Waals surface area contributed by atoms with Crippen LogP contribution < -0.4 is 5.32 Å². The summed E-state index contributed by atoms with van der Waals surface area (Å²) in [5.41, 5.74) is 3.34. The molecule has 3 rings (SSSR count). The fourth-order valence-corrected chi connectivity index (χ4v) is 3.70. The summed E-state index contributed by atoms with van der Waals surface area (Å²) < 4.78 is 2.23. The molecule has 0 aliphatic carbocycles. The van der Waals surface area contributed by atoms with Crippen molar-refractivity contribution >= 4 is 54.8 Å². The first-order chi connectivity index (χ1) is 9.61. The van der Waals surface area contributed by atoms with Crippen LogP contribution in [0.1, 0.15) is 10.6 Å². The second-order valence-corrected chi connectivity index (χ2v) is 7.03. The van der Waals surface area contributed by atoms with Crippen molar-refractivity contribution in [2.24, 2.45) is 0 Å². The quantitative estimate of drug-likeness (QED) is 0.648. The zero-order valence-corrected chi connectivity index (χ0v) is 13.9. The van der Waals surface area contributed by atoms with E-state index in [0.29, 0.717) is 0 Å². The standard InChI is InChI=1S/C15H12BrClN2S/c1-9-19-14-5-4-12(7-15(14)20-9)18-8-10-2-3-11(17)6-13(10)16/h2-7,18H,8H2,1H3. The van der Waals surface area contributed by atoms with E-state index in [2.05, 4.69) is 44.4 Å². The van der Waals surface area contributed by atoms with Gasteiger partial charge in [-0.05, 0) is 42.8 Å². The number of thiazole rings is 1. The van der Waals surface area contributed by atoms with Crippen molar-refractivity contribution in [3.8, 4) is 0 Å². The second-order valence-electron chi connectivity index (χ2n) is 4.50. The van der Waals surface area contributed by atoms with Crippen LogP contribution >= 0.6 is 38.9 Å². The Morgan fingerprint density at radius 2 is 2.10 bits per heavy atom. The van der Waals surface area contributed by atoms with Crippen LogP contribution in [0.2, 0.25) is 5.02 Å². The lowest BCUT2D eigenvalue weighted by Gasteiger charge is -2.08. The van der Waals surface area contributed by atoms with Crippen LogP contribution in [0.3, 0.4) is 0 Å². The van der Waals surface area contributed by atoms with Crippen LogP contribution in [0.5, 0.6) is 0 Å². The Morgan fingerprint density at radius 3 is 2.90 bits per heavy atom. The molecule has 0 aliphatic rings. The lowest BCUT2D eigenvalue weighted by Crippen LogP contribution is -1.99. The molecule has 0 amide bonds. The zero-order valence-electron chi connectivity index (χ0n) is 10.8. The molecule has 1 aromatic heterocycles.